The predicted octanol–water partition coefficient (Wildman–Crippen LogP) is 5.66. The summed E-state index contributed by atoms with van der Waals surface area (Å²) in [6, 6.07) is 11.5. The Morgan fingerprint density at radius 2 is 1.82 bits per heavy atom. The largest absolute Gasteiger partial charge is 0.416 e. The molecule has 1 saturated heterocycles. The summed E-state index contributed by atoms with van der Waals surface area (Å²) in [7, 11) is 1.77. The number of benzene rings is 2. The van der Waals surface area contributed by atoms with E-state index in [9.17, 15) is 18.0 Å². The molecule has 0 spiro atoms. The van der Waals surface area contributed by atoms with E-state index in [0.29, 0.717) is 34.2 Å². The molecule has 0 unspecified atom stereocenters. The third-order valence-corrected chi connectivity index (χ3v) is 7.34. The van der Waals surface area contributed by atoms with Gasteiger partial charge in [0, 0.05) is 56.0 Å². The molecule has 232 valence electrons. The number of amides is 1. The van der Waals surface area contributed by atoms with Crippen LogP contribution < -0.4 is 16.0 Å². The van der Waals surface area contributed by atoms with Gasteiger partial charge >= 0.3 is 6.18 Å². The van der Waals surface area contributed by atoms with Gasteiger partial charge < -0.3 is 20.7 Å². The number of hydrogen-bond donors (Lipinski definition) is 3. The summed E-state index contributed by atoms with van der Waals surface area (Å²) < 4.78 is 46.4. The molecule has 5 aromatic rings. The van der Waals surface area contributed by atoms with Crippen molar-refractivity contribution in [3.63, 3.8) is 0 Å². The van der Waals surface area contributed by atoms with Gasteiger partial charge in [-0.3, -0.25) is 14.7 Å². The molecule has 0 aliphatic carbocycles. The molecular weight excluding hydrogens is 587 g/mol. The van der Waals surface area contributed by atoms with Gasteiger partial charge in [0.05, 0.1) is 36.0 Å². The van der Waals surface area contributed by atoms with E-state index in [1.54, 1.807) is 42.3 Å². The summed E-state index contributed by atoms with van der Waals surface area (Å²) in [6.45, 7) is 5.88. The topological polar surface area (TPSA) is 122 Å². The number of halogens is 3. The van der Waals surface area contributed by atoms with Gasteiger partial charge in [-0.25, -0.2) is 9.67 Å². The smallest absolute Gasteiger partial charge is 0.379 e. The van der Waals surface area contributed by atoms with E-state index >= 15 is 0 Å². The maximum Gasteiger partial charge on any atom is 0.416 e. The van der Waals surface area contributed by atoms with Crippen molar-refractivity contribution in [1.29, 1.82) is 0 Å². The molecule has 0 saturated carbocycles. The normalized spacial score (nSPS) is 14.0. The van der Waals surface area contributed by atoms with Crippen LogP contribution in [0.2, 0.25) is 0 Å². The van der Waals surface area contributed by atoms with Crippen LogP contribution in [0.1, 0.15) is 27.0 Å². The van der Waals surface area contributed by atoms with E-state index in [-0.39, 0.29) is 5.56 Å². The van der Waals surface area contributed by atoms with Gasteiger partial charge in [-0.2, -0.15) is 23.3 Å². The van der Waals surface area contributed by atoms with Crippen molar-refractivity contribution in [3.8, 4) is 0 Å². The van der Waals surface area contributed by atoms with E-state index in [0.717, 1.165) is 61.8 Å². The van der Waals surface area contributed by atoms with Gasteiger partial charge in [0.1, 0.15) is 0 Å². The molecule has 6 rings (SSSR count). The van der Waals surface area contributed by atoms with Crippen LogP contribution in [0.15, 0.2) is 67.1 Å². The molecule has 1 fully saturated rings. The number of pyridine rings is 1. The molecule has 1 aliphatic rings. The molecule has 0 radical (unpaired) electrons. The Morgan fingerprint density at radius 1 is 1.00 bits per heavy atom. The first-order valence-corrected chi connectivity index (χ1v) is 14.2. The Kier molecular flexibility index (Phi) is 8.32. The van der Waals surface area contributed by atoms with Crippen molar-refractivity contribution >= 4 is 45.8 Å². The number of nitrogens with one attached hydrogen (secondary N) is 3. The highest BCUT2D eigenvalue weighted by atomic mass is 19.4. The first-order valence-electron chi connectivity index (χ1n) is 14.2. The lowest BCUT2D eigenvalue weighted by Crippen LogP contribution is -2.35. The summed E-state index contributed by atoms with van der Waals surface area (Å²) in [5, 5.41) is 14.4. The maximum atomic E-state index is 13.1. The Labute approximate surface area is 256 Å². The van der Waals surface area contributed by atoms with Gasteiger partial charge in [0.2, 0.25) is 5.95 Å². The maximum absolute atomic E-state index is 13.1. The van der Waals surface area contributed by atoms with Crippen LogP contribution in [0.4, 0.5) is 42.0 Å². The highest BCUT2D eigenvalue weighted by Crippen LogP contribution is 2.31. The number of nitrogens with zero attached hydrogens (tertiary/aromatic N) is 6. The number of anilines is 5. The van der Waals surface area contributed by atoms with Crippen molar-refractivity contribution < 1.29 is 22.7 Å². The van der Waals surface area contributed by atoms with Gasteiger partial charge in [0.25, 0.3) is 5.91 Å². The van der Waals surface area contributed by atoms with Crippen LogP contribution in [-0.2, 0) is 24.5 Å². The molecule has 3 aromatic heterocycles. The van der Waals surface area contributed by atoms with Crippen molar-refractivity contribution in [2.45, 2.75) is 19.6 Å². The summed E-state index contributed by atoms with van der Waals surface area (Å²) in [6.07, 6.45) is 0.681. The molecule has 14 heteroatoms. The molecular formula is C31H30F3N9O2. The van der Waals surface area contributed by atoms with Crippen LogP contribution >= 0.6 is 0 Å². The number of carbonyl (C=O) groups excluding carboxylic acids is 1. The first-order chi connectivity index (χ1) is 21.6. The zero-order chi connectivity index (χ0) is 31.6. The Balaban J connectivity index is 1.17. The quantitative estimate of drug-likeness (QED) is 0.203. The third-order valence-electron chi connectivity index (χ3n) is 7.34. The number of morpholine rings is 1. The monoisotopic (exact) mass is 617 g/mol. The number of fused-ring (bicyclic) bond motifs is 1. The number of carbonyl (C=O) groups is 1. The lowest BCUT2D eigenvalue weighted by atomic mass is 10.1. The Bertz CT molecular complexity index is 1850. The average molecular weight is 618 g/mol. The average Bonchev–Trinajstić information content (AvgIpc) is 3.33. The molecule has 3 N–H and O–H groups in total. The minimum absolute atomic E-state index is 0.100. The van der Waals surface area contributed by atoms with Crippen molar-refractivity contribution in [2.75, 3.05) is 42.3 Å². The number of ether oxygens (including phenoxy) is 1. The summed E-state index contributed by atoms with van der Waals surface area (Å²) in [5.41, 5.74) is 3.32. The van der Waals surface area contributed by atoms with Crippen molar-refractivity contribution in [1.82, 2.24) is 29.6 Å². The molecule has 4 heterocycles. The van der Waals surface area contributed by atoms with Crippen molar-refractivity contribution in [2.24, 2.45) is 7.05 Å². The highest BCUT2D eigenvalue weighted by molar-refractivity contribution is 6.04. The lowest BCUT2D eigenvalue weighted by molar-refractivity contribution is -0.137. The van der Waals surface area contributed by atoms with Crippen LogP contribution in [0, 0.1) is 6.92 Å². The molecule has 45 heavy (non-hydrogen) atoms. The zero-order valence-electron chi connectivity index (χ0n) is 24.5. The minimum Gasteiger partial charge on any atom is -0.379 e. The standard InChI is InChI=1S/C31H30F3N9O2/c1-19-6-7-23(37-29(44)21-4-3-5-22(13-21)31(32,33)34)14-26(19)39-27-25-17-36-30(40-28(25)42(2)41-27)38-24-12-20(15-35-16-24)18-43-8-10-45-11-9-43/h3-7,12-17H,8-11,18H2,1-2H3,(H,37,44)(H,39,41)(H,36,38,40). The minimum atomic E-state index is -4.55. The van der Waals surface area contributed by atoms with Crippen LogP contribution in [0.5, 0.6) is 0 Å². The van der Waals surface area contributed by atoms with Gasteiger partial charge in [-0.1, -0.05) is 12.1 Å². The second kappa shape index (κ2) is 12.5. The SMILES string of the molecule is Cc1ccc(NC(=O)c2cccc(C(F)(F)F)c2)cc1Nc1nn(C)c2nc(Nc3cncc(CN4CCOCC4)c3)ncc12. The number of hydrogen-bond acceptors (Lipinski definition) is 9. The number of alkyl halides is 3. The highest BCUT2D eigenvalue weighted by Gasteiger charge is 2.31. The van der Waals surface area contributed by atoms with Crippen LogP contribution in [0.25, 0.3) is 11.0 Å². The van der Waals surface area contributed by atoms with Gasteiger partial charge in [-0.15, -0.1) is 0 Å². The van der Waals surface area contributed by atoms with E-state index in [4.69, 9.17) is 4.74 Å². The molecule has 1 amide bonds. The van der Waals surface area contributed by atoms with E-state index < -0.39 is 17.6 Å². The number of rotatable bonds is 8. The molecule has 0 bridgehead atoms. The molecule has 11 nitrogen and oxygen atoms in total. The molecule has 2 aromatic carbocycles. The summed E-state index contributed by atoms with van der Waals surface area (Å²) in [5.74, 6) is 0.227. The van der Waals surface area contributed by atoms with Crippen molar-refractivity contribution in [3.05, 3.63) is 89.4 Å². The molecule has 1 aliphatic heterocycles. The van der Waals surface area contributed by atoms with Gasteiger partial charge in [0.15, 0.2) is 11.5 Å². The Morgan fingerprint density at radius 3 is 2.62 bits per heavy atom. The van der Waals surface area contributed by atoms with E-state index in [1.807, 2.05) is 19.2 Å². The van der Waals surface area contributed by atoms with Gasteiger partial charge in [-0.05, 0) is 54.4 Å². The Hall–Kier alpha value is -5.08. The third kappa shape index (κ3) is 7.02. The summed E-state index contributed by atoms with van der Waals surface area (Å²) in [4.78, 5) is 28.6. The number of aromatic nitrogens is 5. The van der Waals surface area contributed by atoms with Crippen LogP contribution in [0.3, 0.4) is 0 Å². The number of aryl methyl sites for hydroxylation is 2. The fraction of sp³-hybridized carbons (Fsp3) is 0.258. The zero-order valence-corrected chi connectivity index (χ0v) is 24.5. The fourth-order valence-electron chi connectivity index (χ4n) is 4.98. The first kappa shape index (κ1) is 30.0. The lowest BCUT2D eigenvalue weighted by Gasteiger charge is -2.26. The second-order valence-electron chi connectivity index (χ2n) is 10.7. The summed E-state index contributed by atoms with van der Waals surface area (Å²) >= 11 is 0. The second-order valence-corrected chi connectivity index (χ2v) is 10.7. The molecule has 0 atom stereocenters. The van der Waals surface area contributed by atoms with Crippen LogP contribution in [-0.4, -0.2) is 61.8 Å². The predicted molar refractivity (Wildman–Crippen MR) is 164 cm³/mol. The van der Waals surface area contributed by atoms with E-state index in [2.05, 4.69) is 40.9 Å². The fourth-order valence-corrected chi connectivity index (χ4v) is 4.98. The van der Waals surface area contributed by atoms with E-state index in [1.165, 1.54) is 12.1 Å².